The Labute approximate surface area is 123 Å². The molecule has 106 valence electrons. The van der Waals surface area contributed by atoms with Crippen molar-refractivity contribution in [2.45, 2.75) is 6.54 Å². The van der Waals surface area contributed by atoms with Gasteiger partial charge in [0, 0.05) is 26.8 Å². The number of para-hydroxylation sites is 1. The molecule has 0 saturated heterocycles. The average molecular weight is 293 g/mol. The highest BCUT2D eigenvalue weighted by molar-refractivity contribution is 6.32. The van der Waals surface area contributed by atoms with E-state index >= 15 is 0 Å². The van der Waals surface area contributed by atoms with E-state index < -0.39 is 0 Å². The van der Waals surface area contributed by atoms with E-state index in [0.29, 0.717) is 17.3 Å². The Bertz CT molecular complexity index is 621. The van der Waals surface area contributed by atoms with Gasteiger partial charge in [-0.2, -0.15) is 5.10 Å². The molecule has 0 bridgehead atoms. The van der Waals surface area contributed by atoms with Crippen LogP contribution in [0, 0.1) is 0 Å². The predicted octanol–water partition coefficient (Wildman–Crippen LogP) is 1.95. The molecule has 0 radical (unpaired) electrons. The molecule has 6 heteroatoms. The van der Waals surface area contributed by atoms with Crippen LogP contribution in [-0.2, 0) is 6.54 Å². The molecule has 0 aliphatic heterocycles. The quantitative estimate of drug-likeness (QED) is 0.937. The number of hydrogen-bond acceptors (Lipinski definition) is 3. The van der Waals surface area contributed by atoms with Crippen molar-refractivity contribution in [3.05, 3.63) is 46.7 Å². The highest BCUT2D eigenvalue weighted by Gasteiger charge is 2.15. The summed E-state index contributed by atoms with van der Waals surface area (Å²) in [5.41, 5.74) is 2.21. The molecule has 1 heterocycles. The first kappa shape index (κ1) is 14.6. The second-order valence-electron chi connectivity index (χ2n) is 4.62. The molecule has 0 atom stereocenters. The summed E-state index contributed by atoms with van der Waals surface area (Å²) in [7, 11) is 5.27. The van der Waals surface area contributed by atoms with Gasteiger partial charge < -0.3 is 10.2 Å². The molecule has 20 heavy (non-hydrogen) atoms. The molecular weight excluding hydrogens is 276 g/mol. The van der Waals surface area contributed by atoms with Gasteiger partial charge >= 0.3 is 0 Å². The van der Waals surface area contributed by atoms with Crippen LogP contribution in [0.3, 0.4) is 0 Å². The van der Waals surface area contributed by atoms with Gasteiger partial charge in [0.05, 0.1) is 10.7 Å². The van der Waals surface area contributed by atoms with Crippen molar-refractivity contribution in [2.75, 3.05) is 21.1 Å². The normalized spacial score (nSPS) is 10.6. The second kappa shape index (κ2) is 6.07. The summed E-state index contributed by atoms with van der Waals surface area (Å²) in [6, 6.07) is 7.38. The minimum absolute atomic E-state index is 0.133. The Morgan fingerprint density at radius 2 is 2.15 bits per heavy atom. The maximum absolute atomic E-state index is 11.9. The Morgan fingerprint density at radius 1 is 1.40 bits per heavy atom. The van der Waals surface area contributed by atoms with E-state index in [1.165, 1.54) is 4.90 Å². The van der Waals surface area contributed by atoms with Crippen LogP contribution >= 0.6 is 11.6 Å². The van der Waals surface area contributed by atoms with Gasteiger partial charge in [0.1, 0.15) is 0 Å². The van der Waals surface area contributed by atoms with Crippen molar-refractivity contribution >= 4 is 17.5 Å². The van der Waals surface area contributed by atoms with Gasteiger partial charge in [-0.05, 0) is 24.7 Å². The van der Waals surface area contributed by atoms with E-state index in [-0.39, 0.29) is 5.91 Å². The first-order valence-electron chi connectivity index (χ1n) is 6.24. The lowest BCUT2D eigenvalue weighted by Gasteiger charge is -2.11. The van der Waals surface area contributed by atoms with Gasteiger partial charge in [-0.3, -0.25) is 4.79 Å². The maximum atomic E-state index is 11.9. The Hall–Kier alpha value is -1.85. The van der Waals surface area contributed by atoms with Crippen LogP contribution in [0.1, 0.15) is 16.1 Å². The van der Waals surface area contributed by atoms with E-state index in [0.717, 1.165) is 11.3 Å². The van der Waals surface area contributed by atoms with Crippen molar-refractivity contribution < 1.29 is 4.79 Å². The zero-order valence-corrected chi connectivity index (χ0v) is 12.5. The van der Waals surface area contributed by atoms with Crippen LogP contribution in [0.25, 0.3) is 5.69 Å². The Kier molecular flexibility index (Phi) is 4.42. The third-order valence-corrected chi connectivity index (χ3v) is 3.19. The molecule has 0 aliphatic rings. The highest BCUT2D eigenvalue weighted by Crippen LogP contribution is 2.24. The van der Waals surface area contributed by atoms with Gasteiger partial charge in [-0.15, -0.1) is 0 Å². The van der Waals surface area contributed by atoms with Crippen molar-refractivity contribution in [3.63, 3.8) is 0 Å². The summed E-state index contributed by atoms with van der Waals surface area (Å²) in [6.07, 6.45) is 1.75. The van der Waals surface area contributed by atoms with E-state index in [1.54, 1.807) is 31.0 Å². The number of halogens is 1. The van der Waals surface area contributed by atoms with Crippen LogP contribution in [-0.4, -0.2) is 41.7 Å². The summed E-state index contributed by atoms with van der Waals surface area (Å²) in [6.45, 7) is 0.673. The first-order chi connectivity index (χ1) is 9.54. The molecule has 0 saturated carbocycles. The van der Waals surface area contributed by atoms with Crippen LogP contribution in [0.15, 0.2) is 30.5 Å². The molecule has 0 spiro atoms. The smallest absolute Gasteiger partial charge is 0.273 e. The Morgan fingerprint density at radius 3 is 2.80 bits per heavy atom. The number of nitrogens with one attached hydrogen (secondary N) is 1. The van der Waals surface area contributed by atoms with Gasteiger partial charge in [-0.1, -0.05) is 23.7 Å². The van der Waals surface area contributed by atoms with Crippen LogP contribution < -0.4 is 5.32 Å². The van der Waals surface area contributed by atoms with Gasteiger partial charge in [-0.25, -0.2) is 4.68 Å². The van der Waals surface area contributed by atoms with E-state index in [1.807, 2.05) is 25.2 Å². The lowest BCUT2D eigenvalue weighted by molar-refractivity contribution is 0.0821. The average Bonchev–Trinajstić information content (AvgIpc) is 2.87. The SMILES string of the molecule is CNCc1cccc(Cl)c1-n1ccc(C(=O)N(C)C)n1. The van der Waals surface area contributed by atoms with Crippen LogP contribution in [0.4, 0.5) is 0 Å². The Balaban J connectivity index is 2.44. The topological polar surface area (TPSA) is 50.2 Å². The summed E-state index contributed by atoms with van der Waals surface area (Å²) in [4.78, 5) is 13.4. The summed E-state index contributed by atoms with van der Waals surface area (Å²) >= 11 is 6.27. The molecule has 1 aromatic heterocycles. The molecule has 0 unspecified atom stereocenters. The van der Waals surface area contributed by atoms with Crippen molar-refractivity contribution in [1.29, 1.82) is 0 Å². The zero-order chi connectivity index (χ0) is 14.7. The molecular formula is C14H17ClN4O. The fraction of sp³-hybridized carbons (Fsp3) is 0.286. The molecule has 5 nitrogen and oxygen atoms in total. The minimum atomic E-state index is -0.133. The molecule has 1 amide bonds. The number of carbonyl (C=O) groups is 1. The van der Waals surface area contributed by atoms with Crippen molar-refractivity contribution in [3.8, 4) is 5.69 Å². The zero-order valence-electron chi connectivity index (χ0n) is 11.7. The number of aromatic nitrogens is 2. The van der Waals surface area contributed by atoms with Gasteiger partial charge in [0.2, 0.25) is 0 Å². The van der Waals surface area contributed by atoms with Gasteiger partial charge in [0.15, 0.2) is 5.69 Å². The van der Waals surface area contributed by atoms with E-state index in [9.17, 15) is 4.79 Å². The first-order valence-corrected chi connectivity index (χ1v) is 6.62. The number of carbonyl (C=O) groups excluding carboxylic acids is 1. The fourth-order valence-corrected chi connectivity index (χ4v) is 2.22. The largest absolute Gasteiger partial charge is 0.343 e. The van der Waals surface area contributed by atoms with E-state index in [4.69, 9.17) is 11.6 Å². The number of amides is 1. The summed E-state index contributed by atoms with van der Waals surface area (Å²) < 4.78 is 1.64. The summed E-state index contributed by atoms with van der Waals surface area (Å²) in [5, 5.41) is 8.01. The van der Waals surface area contributed by atoms with Crippen LogP contribution in [0.2, 0.25) is 5.02 Å². The van der Waals surface area contributed by atoms with Gasteiger partial charge in [0.25, 0.3) is 5.91 Å². The molecule has 0 fully saturated rings. The molecule has 0 aliphatic carbocycles. The molecule has 2 aromatic rings. The third-order valence-electron chi connectivity index (χ3n) is 2.88. The highest BCUT2D eigenvalue weighted by atomic mass is 35.5. The lowest BCUT2D eigenvalue weighted by atomic mass is 10.2. The van der Waals surface area contributed by atoms with Crippen molar-refractivity contribution in [1.82, 2.24) is 20.0 Å². The number of nitrogens with zero attached hydrogens (tertiary/aromatic N) is 3. The minimum Gasteiger partial charge on any atom is -0.343 e. The standard InChI is InChI=1S/C14H17ClN4O/c1-16-9-10-5-4-6-11(15)13(10)19-8-7-12(17-19)14(20)18(2)3/h4-8,16H,9H2,1-3H3. The number of rotatable bonds is 4. The third kappa shape index (κ3) is 2.84. The molecule has 2 rings (SSSR count). The molecule has 1 aromatic carbocycles. The monoisotopic (exact) mass is 292 g/mol. The van der Waals surface area contributed by atoms with Crippen LogP contribution in [0.5, 0.6) is 0 Å². The number of benzene rings is 1. The second-order valence-corrected chi connectivity index (χ2v) is 5.03. The molecule has 1 N–H and O–H groups in total. The number of hydrogen-bond donors (Lipinski definition) is 1. The maximum Gasteiger partial charge on any atom is 0.273 e. The summed E-state index contributed by atoms with van der Waals surface area (Å²) in [5.74, 6) is -0.133. The predicted molar refractivity (Wildman–Crippen MR) is 79.4 cm³/mol. The van der Waals surface area contributed by atoms with E-state index in [2.05, 4.69) is 10.4 Å². The lowest BCUT2D eigenvalue weighted by Crippen LogP contribution is -2.22. The van der Waals surface area contributed by atoms with Crippen molar-refractivity contribution in [2.24, 2.45) is 0 Å². The fourth-order valence-electron chi connectivity index (χ4n) is 1.94.